The van der Waals surface area contributed by atoms with Gasteiger partial charge in [-0.05, 0) is 65.5 Å². The standard InChI is InChI=1S/C17H18BrClN2O3S2/c1-11-2-3-13(19)10-14(11)20-17(22)12-6-8-21(9-7-12)26(23,24)16-5-4-15(18)25-16/h2-5,10,12H,6-9H2,1H3,(H,20,22). The van der Waals surface area contributed by atoms with Crippen LogP contribution in [0.3, 0.4) is 0 Å². The van der Waals surface area contributed by atoms with Crippen LogP contribution in [0, 0.1) is 12.8 Å². The van der Waals surface area contributed by atoms with Gasteiger partial charge < -0.3 is 5.32 Å². The van der Waals surface area contributed by atoms with Gasteiger partial charge in [-0.2, -0.15) is 4.31 Å². The summed E-state index contributed by atoms with van der Waals surface area (Å²) in [4.78, 5) is 12.5. The lowest BCUT2D eigenvalue weighted by molar-refractivity contribution is -0.120. The van der Waals surface area contributed by atoms with Gasteiger partial charge in [0.25, 0.3) is 10.0 Å². The Balaban J connectivity index is 1.63. The molecule has 1 aromatic heterocycles. The predicted molar refractivity (Wildman–Crippen MR) is 108 cm³/mol. The fourth-order valence-corrected chi connectivity index (χ4v) is 6.69. The number of benzene rings is 1. The fraction of sp³-hybridized carbons (Fsp3) is 0.353. The van der Waals surface area contributed by atoms with Crippen molar-refractivity contribution in [2.75, 3.05) is 18.4 Å². The number of carbonyl (C=O) groups excluding carboxylic acids is 1. The van der Waals surface area contributed by atoms with E-state index in [2.05, 4.69) is 21.2 Å². The van der Waals surface area contributed by atoms with Gasteiger partial charge >= 0.3 is 0 Å². The number of anilines is 1. The van der Waals surface area contributed by atoms with Gasteiger partial charge in [-0.1, -0.05) is 17.7 Å². The molecule has 1 saturated heterocycles. The molecule has 2 heterocycles. The molecule has 26 heavy (non-hydrogen) atoms. The molecule has 1 aliphatic rings. The van der Waals surface area contributed by atoms with Crippen molar-refractivity contribution in [2.24, 2.45) is 5.92 Å². The van der Waals surface area contributed by atoms with Crippen molar-refractivity contribution in [1.82, 2.24) is 4.31 Å². The van der Waals surface area contributed by atoms with Crippen LogP contribution in [-0.2, 0) is 14.8 Å². The van der Waals surface area contributed by atoms with Gasteiger partial charge in [-0.3, -0.25) is 4.79 Å². The number of hydrogen-bond acceptors (Lipinski definition) is 4. The van der Waals surface area contributed by atoms with E-state index in [1.807, 2.05) is 13.0 Å². The average Bonchev–Trinajstić information content (AvgIpc) is 3.05. The number of sulfonamides is 1. The number of piperidine rings is 1. The number of aryl methyl sites for hydroxylation is 1. The van der Waals surface area contributed by atoms with E-state index in [4.69, 9.17) is 11.6 Å². The van der Waals surface area contributed by atoms with Crippen LogP contribution in [0.5, 0.6) is 0 Å². The number of halogens is 2. The Kier molecular flexibility index (Phi) is 6.08. The summed E-state index contributed by atoms with van der Waals surface area (Å²) in [5, 5.41) is 3.48. The highest BCUT2D eigenvalue weighted by Gasteiger charge is 2.33. The maximum absolute atomic E-state index is 12.7. The van der Waals surface area contributed by atoms with Crippen molar-refractivity contribution in [3.05, 3.63) is 44.7 Å². The number of carbonyl (C=O) groups is 1. The smallest absolute Gasteiger partial charge is 0.252 e. The molecular weight excluding hydrogens is 460 g/mol. The zero-order valence-corrected chi connectivity index (χ0v) is 18.0. The van der Waals surface area contributed by atoms with E-state index < -0.39 is 10.0 Å². The molecule has 0 bridgehead atoms. The Morgan fingerprint density at radius 1 is 1.27 bits per heavy atom. The van der Waals surface area contributed by atoms with E-state index in [0.717, 1.165) is 9.35 Å². The monoisotopic (exact) mass is 476 g/mol. The van der Waals surface area contributed by atoms with Gasteiger partial charge in [0.05, 0.1) is 3.79 Å². The first-order valence-corrected chi connectivity index (χ1v) is 11.5. The van der Waals surface area contributed by atoms with Crippen molar-refractivity contribution in [3.63, 3.8) is 0 Å². The van der Waals surface area contributed by atoms with E-state index in [0.29, 0.717) is 40.9 Å². The van der Waals surface area contributed by atoms with E-state index >= 15 is 0 Å². The Morgan fingerprint density at radius 2 is 1.96 bits per heavy atom. The molecule has 9 heteroatoms. The largest absolute Gasteiger partial charge is 0.326 e. The molecule has 5 nitrogen and oxygen atoms in total. The molecular formula is C17H18BrClN2O3S2. The number of amides is 1. The zero-order valence-electron chi connectivity index (χ0n) is 14.0. The van der Waals surface area contributed by atoms with Crippen molar-refractivity contribution >= 4 is 60.5 Å². The molecule has 0 unspecified atom stereocenters. The number of nitrogens with one attached hydrogen (secondary N) is 1. The molecule has 1 N–H and O–H groups in total. The van der Waals surface area contributed by atoms with Crippen LogP contribution in [0.1, 0.15) is 18.4 Å². The second-order valence-electron chi connectivity index (χ2n) is 6.19. The highest BCUT2D eigenvalue weighted by molar-refractivity contribution is 9.11. The van der Waals surface area contributed by atoms with E-state index in [1.165, 1.54) is 15.6 Å². The third-order valence-corrected chi connectivity index (χ3v) is 8.65. The summed E-state index contributed by atoms with van der Waals surface area (Å²) in [6.07, 6.45) is 0.994. The highest BCUT2D eigenvalue weighted by atomic mass is 79.9. The average molecular weight is 478 g/mol. The highest BCUT2D eigenvalue weighted by Crippen LogP contribution is 2.31. The first kappa shape index (κ1) is 19.8. The number of rotatable bonds is 4. The Hall–Kier alpha value is -0.930. The molecule has 0 saturated carbocycles. The van der Waals surface area contributed by atoms with Crippen molar-refractivity contribution in [3.8, 4) is 0 Å². The lowest BCUT2D eigenvalue weighted by atomic mass is 9.97. The molecule has 3 rings (SSSR count). The second kappa shape index (κ2) is 7.98. The third-order valence-electron chi connectivity index (χ3n) is 4.42. The van der Waals surface area contributed by atoms with E-state index in [9.17, 15) is 13.2 Å². The predicted octanol–water partition coefficient (Wildman–Crippen LogP) is 4.51. The van der Waals surface area contributed by atoms with E-state index in [1.54, 1.807) is 24.3 Å². The summed E-state index contributed by atoms with van der Waals surface area (Å²) >= 11 is 10.5. The van der Waals surface area contributed by atoms with Gasteiger partial charge in [-0.15, -0.1) is 11.3 Å². The summed E-state index contributed by atoms with van der Waals surface area (Å²) in [6.45, 7) is 2.58. The first-order valence-electron chi connectivity index (χ1n) is 8.10. The quantitative estimate of drug-likeness (QED) is 0.704. The van der Waals surface area contributed by atoms with Crippen LogP contribution in [0.4, 0.5) is 5.69 Å². The van der Waals surface area contributed by atoms with Crippen LogP contribution >= 0.6 is 38.9 Å². The first-order chi connectivity index (χ1) is 12.3. The van der Waals surface area contributed by atoms with Gasteiger partial charge in [0, 0.05) is 29.7 Å². The van der Waals surface area contributed by atoms with Gasteiger partial charge in [-0.25, -0.2) is 8.42 Å². The maximum Gasteiger partial charge on any atom is 0.252 e. The Bertz CT molecular complexity index is 922. The van der Waals surface area contributed by atoms with Gasteiger partial charge in [0.15, 0.2) is 0 Å². The molecule has 1 fully saturated rings. The fourth-order valence-electron chi connectivity index (χ4n) is 2.89. The van der Waals surface area contributed by atoms with Crippen molar-refractivity contribution in [2.45, 2.75) is 24.0 Å². The van der Waals surface area contributed by atoms with Crippen molar-refractivity contribution in [1.29, 1.82) is 0 Å². The summed E-state index contributed by atoms with van der Waals surface area (Å²) in [6, 6.07) is 8.68. The number of hydrogen-bond donors (Lipinski definition) is 1. The Morgan fingerprint density at radius 3 is 2.58 bits per heavy atom. The number of thiophene rings is 1. The minimum atomic E-state index is -3.49. The molecule has 1 aromatic carbocycles. The van der Waals surface area contributed by atoms with Crippen LogP contribution in [0.25, 0.3) is 0 Å². The van der Waals surface area contributed by atoms with Gasteiger partial charge in [0.1, 0.15) is 4.21 Å². The lowest BCUT2D eigenvalue weighted by Crippen LogP contribution is -2.41. The van der Waals surface area contributed by atoms with Gasteiger partial charge in [0.2, 0.25) is 5.91 Å². The number of nitrogens with zero attached hydrogens (tertiary/aromatic N) is 1. The minimum absolute atomic E-state index is 0.0914. The maximum atomic E-state index is 12.7. The molecule has 0 atom stereocenters. The topological polar surface area (TPSA) is 66.5 Å². The lowest BCUT2D eigenvalue weighted by Gasteiger charge is -2.30. The zero-order chi connectivity index (χ0) is 18.9. The molecule has 2 aromatic rings. The molecule has 1 amide bonds. The van der Waals surface area contributed by atoms with Crippen molar-refractivity contribution < 1.29 is 13.2 Å². The molecule has 140 valence electrons. The molecule has 0 aliphatic carbocycles. The molecule has 0 radical (unpaired) electrons. The molecule has 0 spiro atoms. The van der Waals surface area contributed by atoms with E-state index in [-0.39, 0.29) is 11.8 Å². The van der Waals surface area contributed by atoms with Crippen LogP contribution in [0.2, 0.25) is 5.02 Å². The summed E-state index contributed by atoms with van der Waals surface area (Å²) in [7, 11) is -3.49. The van der Waals surface area contributed by atoms with Crippen LogP contribution < -0.4 is 5.32 Å². The third kappa shape index (κ3) is 4.31. The normalized spacial score (nSPS) is 16.6. The molecule has 1 aliphatic heterocycles. The summed E-state index contributed by atoms with van der Waals surface area (Å²) in [5.74, 6) is -0.304. The minimum Gasteiger partial charge on any atom is -0.326 e. The van der Waals surface area contributed by atoms with Crippen LogP contribution in [0.15, 0.2) is 38.3 Å². The SMILES string of the molecule is Cc1ccc(Cl)cc1NC(=O)C1CCN(S(=O)(=O)c2ccc(Br)s2)CC1. The Labute approximate surface area is 170 Å². The second-order valence-corrected chi connectivity index (χ2v) is 11.2. The van der Waals surface area contributed by atoms with Crippen LogP contribution in [-0.4, -0.2) is 31.7 Å². The summed E-state index contributed by atoms with van der Waals surface area (Å²) in [5.41, 5.74) is 1.63. The summed E-state index contributed by atoms with van der Waals surface area (Å²) < 4.78 is 27.9.